The molecule has 6 aromatic rings. The SMILES string of the molecule is Cc1cccc(C)c1B1c2cc3sc4ccccc4c3cc2N2C(=O)Oc3cccc4ccc1c2c34. The van der Waals surface area contributed by atoms with Crippen LogP contribution in [-0.2, 0) is 0 Å². The Morgan fingerprint density at radius 2 is 1.58 bits per heavy atom. The van der Waals surface area contributed by atoms with Gasteiger partial charge in [0.1, 0.15) is 5.75 Å². The van der Waals surface area contributed by atoms with E-state index in [0.717, 1.165) is 33.1 Å². The lowest BCUT2D eigenvalue weighted by molar-refractivity contribution is 0.210. The van der Waals surface area contributed by atoms with Crippen molar-refractivity contribution in [3.63, 3.8) is 0 Å². The summed E-state index contributed by atoms with van der Waals surface area (Å²) in [4.78, 5) is 15.4. The van der Waals surface area contributed by atoms with Gasteiger partial charge in [-0.1, -0.05) is 77.3 Å². The molecule has 3 heterocycles. The van der Waals surface area contributed by atoms with Gasteiger partial charge < -0.3 is 4.74 Å². The number of anilines is 2. The number of ether oxygens (including phenoxy) is 1. The Kier molecular flexibility index (Phi) is 3.91. The summed E-state index contributed by atoms with van der Waals surface area (Å²) >= 11 is 1.81. The summed E-state index contributed by atoms with van der Waals surface area (Å²) < 4.78 is 8.40. The van der Waals surface area contributed by atoms with E-state index in [2.05, 4.69) is 86.6 Å². The van der Waals surface area contributed by atoms with Crippen molar-refractivity contribution in [1.82, 2.24) is 0 Å². The number of hydrogen-bond acceptors (Lipinski definition) is 3. The number of hydrogen-bond donors (Lipinski definition) is 0. The van der Waals surface area contributed by atoms with E-state index < -0.39 is 0 Å². The molecule has 2 aliphatic rings. The van der Waals surface area contributed by atoms with Crippen molar-refractivity contribution < 1.29 is 9.53 Å². The fourth-order valence-corrected chi connectivity index (χ4v) is 7.45. The molecule has 0 saturated carbocycles. The number of nitrogens with zero attached hydrogens (tertiary/aromatic N) is 1. The minimum Gasteiger partial charge on any atom is -0.409 e. The van der Waals surface area contributed by atoms with Crippen LogP contribution >= 0.6 is 11.3 Å². The second-order valence-electron chi connectivity index (χ2n) is 9.80. The molecule has 1 amide bonds. The van der Waals surface area contributed by atoms with E-state index in [4.69, 9.17) is 4.74 Å². The molecule has 0 radical (unpaired) electrons. The summed E-state index contributed by atoms with van der Waals surface area (Å²) in [5.41, 5.74) is 8.00. The average molecular weight is 481 g/mol. The topological polar surface area (TPSA) is 29.5 Å². The van der Waals surface area contributed by atoms with E-state index in [-0.39, 0.29) is 12.8 Å². The highest BCUT2D eigenvalue weighted by Gasteiger charge is 2.42. The fraction of sp³-hybridized carbons (Fsp3) is 0.0645. The van der Waals surface area contributed by atoms with Crippen LogP contribution < -0.4 is 26.0 Å². The first kappa shape index (κ1) is 20.1. The van der Waals surface area contributed by atoms with Crippen molar-refractivity contribution in [1.29, 1.82) is 0 Å². The van der Waals surface area contributed by atoms with Crippen LogP contribution in [0.5, 0.6) is 5.75 Å². The summed E-state index contributed by atoms with van der Waals surface area (Å²) in [5, 5.41) is 4.48. The number of carbonyl (C=O) groups is 1. The minimum absolute atomic E-state index is 0.0189. The van der Waals surface area contributed by atoms with E-state index in [9.17, 15) is 4.79 Å². The Bertz CT molecular complexity index is 1920. The Balaban J connectivity index is 1.56. The summed E-state index contributed by atoms with van der Waals surface area (Å²) in [7, 11) is 0. The number of carbonyl (C=O) groups excluding carboxylic acids is 1. The summed E-state index contributed by atoms with van der Waals surface area (Å²) in [5.74, 6) is 0.636. The van der Waals surface area contributed by atoms with Gasteiger partial charge in [-0.3, -0.25) is 0 Å². The highest BCUT2D eigenvalue weighted by Crippen LogP contribution is 2.45. The van der Waals surface area contributed by atoms with Crippen LogP contribution in [0, 0.1) is 13.8 Å². The molecule has 1 aromatic heterocycles. The average Bonchev–Trinajstić information content (AvgIpc) is 3.24. The smallest absolute Gasteiger partial charge is 0.409 e. The predicted octanol–water partition coefficient (Wildman–Crippen LogP) is 6.30. The van der Waals surface area contributed by atoms with Crippen molar-refractivity contribution in [3.05, 3.63) is 96.1 Å². The third kappa shape index (κ3) is 2.51. The van der Waals surface area contributed by atoms with Crippen LogP contribution in [0.25, 0.3) is 30.9 Å². The highest BCUT2D eigenvalue weighted by atomic mass is 32.1. The summed E-state index contributed by atoms with van der Waals surface area (Å²) in [6.07, 6.45) is -0.345. The van der Waals surface area contributed by atoms with E-state index in [1.807, 2.05) is 28.4 Å². The number of amides is 1. The van der Waals surface area contributed by atoms with Gasteiger partial charge in [0, 0.05) is 31.2 Å². The molecule has 0 N–H and O–H groups in total. The second-order valence-corrected chi connectivity index (χ2v) is 10.9. The monoisotopic (exact) mass is 481 g/mol. The first-order valence-electron chi connectivity index (χ1n) is 12.2. The van der Waals surface area contributed by atoms with E-state index in [1.54, 1.807) is 0 Å². The molecule has 0 atom stereocenters. The lowest BCUT2D eigenvalue weighted by atomic mass is 9.33. The zero-order chi connectivity index (χ0) is 24.1. The number of fused-ring (bicyclic) bond motifs is 5. The molecule has 0 fully saturated rings. The van der Waals surface area contributed by atoms with E-state index in [1.165, 1.54) is 36.8 Å². The van der Waals surface area contributed by atoms with Crippen molar-refractivity contribution >= 4 is 82.9 Å². The standard InChI is InChI=1S/C31H20BNO2S/c1-17-7-5-8-18(2)29(17)32-22-14-13-19-9-6-11-25-28(19)30(22)33(31(34)35-25)24-15-21-20-10-3-4-12-26(20)36-27(21)16-23(24)32/h3-16H,1-2H3. The van der Waals surface area contributed by atoms with Gasteiger partial charge in [-0.05, 0) is 54.4 Å². The summed E-state index contributed by atoms with van der Waals surface area (Å²) in [6, 6.07) is 29.9. The molecule has 0 saturated heterocycles. The highest BCUT2D eigenvalue weighted by molar-refractivity contribution is 7.26. The third-order valence-corrected chi connectivity index (χ3v) is 8.97. The third-order valence-electron chi connectivity index (χ3n) is 7.83. The Morgan fingerprint density at radius 3 is 2.44 bits per heavy atom. The van der Waals surface area contributed by atoms with Crippen molar-refractivity contribution in [2.45, 2.75) is 13.8 Å². The first-order valence-corrected chi connectivity index (χ1v) is 13.0. The van der Waals surface area contributed by atoms with Gasteiger partial charge in [0.05, 0.1) is 5.69 Å². The van der Waals surface area contributed by atoms with Crippen LogP contribution in [0.1, 0.15) is 11.1 Å². The molecule has 8 rings (SSSR count). The van der Waals surface area contributed by atoms with Crippen LogP contribution in [0.3, 0.4) is 0 Å². The molecular formula is C31H20BNO2S. The Labute approximate surface area is 212 Å². The molecule has 0 bridgehead atoms. The van der Waals surface area contributed by atoms with Crippen LogP contribution in [0.15, 0.2) is 84.9 Å². The van der Waals surface area contributed by atoms with Crippen LogP contribution in [-0.4, -0.2) is 12.8 Å². The Morgan fingerprint density at radius 1 is 0.778 bits per heavy atom. The quantitative estimate of drug-likeness (QED) is 0.258. The van der Waals surface area contributed by atoms with Gasteiger partial charge in [-0.25, -0.2) is 9.69 Å². The molecule has 0 unspecified atom stereocenters. The number of aryl methyl sites for hydroxylation is 2. The predicted molar refractivity (Wildman–Crippen MR) is 152 cm³/mol. The molecule has 5 aromatic carbocycles. The fourth-order valence-electron chi connectivity index (χ4n) is 6.31. The van der Waals surface area contributed by atoms with E-state index >= 15 is 0 Å². The van der Waals surface area contributed by atoms with Gasteiger partial charge >= 0.3 is 6.09 Å². The molecule has 170 valence electrons. The largest absolute Gasteiger partial charge is 0.424 e. The lowest BCUT2D eigenvalue weighted by Crippen LogP contribution is -2.60. The number of thiophene rings is 1. The van der Waals surface area contributed by atoms with Crippen molar-refractivity contribution in [3.8, 4) is 5.75 Å². The van der Waals surface area contributed by atoms with Crippen LogP contribution in [0.2, 0.25) is 0 Å². The Hall–Kier alpha value is -4.09. The van der Waals surface area contributed by atoms with Crippen LogP contribution in [0.4, 0.5) is 16.2 Å². The van der Waals surface area contributed by atoms with Gasteiger partial charge in [-0.15, -0.1) is 11.3 Å². The molecular weight excluding hydrogens is 461 g/mol. The first-order chi connectivity index (χ1) is 17.6. The summed E-state index contributed by atoms with van der Waals surface area (Å²) in [6.45, 7) is 4.41. The molecule has 2 aliphatic heterocycles. The maximum atomic E-state index is 13.6. The van der Waals surface area contributed by atoms with Gasteiger partial charge in [0.15, 0.2) is 0 Å². The maximum absolute atomic E-state index is 13.6. The second kappa shape index (κ2) is 6.99. The molecule has 5 heteroatoms. The molecule has 0 aliphatic carbocycles. The number of benzene rings is 5. The van der Waals surface area contributed by atoms with Crippen molar-refractivity contribution in [2.75, 3.05) is 4.90 Å². The van der Waals surface area contributed by atoms with Crippen molar-refractivity contribution in [2.24, 2.45) is 0 Å². The van der Waals surface area contributed by atoms with Gasteiger partial charge in [0.2, 0.25) is 6.71 Å². The normalized spacial score (nSPS) is 14.0. The van der Waals surface area contributed by atoms with Gasteiger partial charge in [-0.2, -0.15) is 0 Å². The lowest BCUT2D eigenvalue weighted by Gasteiger charge is -2.39. The molecule has 0 spiro atoms. The zero-order valence-electron chi connectivity index (χ0n) is 19.8. The zero-order valence-corrected chi connectivity index (χ0v) is 20.6. The molecule has 36 heavy (non-hydrogen) atoms. The molecule has 3 nitrogen and oxygen atoms in total. The maximum Gasteiger partial charge on any atom is 0.424 e. The van der Waals surface area contributed by atoms with Gasteiger partial charge in [0.25, 0.3) is 0 Å². The number of rotatable bonds is 1. The minimum atomic E-state index is -0.345. The van der Waals surface area contributed by atoms with E-state index in [0.29, 0.717) is 5.75 Å².